The summed E-state index contributed by atoms with van der Waals surface area (Å²) in [6.45, 7) is 5.01. The Morgan fingerprint density at radius 1 is 1.44 bits per heavy atom. The zero-order valence-electron chi connectivity index (χ0n) is 11.4. The van der Waals surface area contributed by atoms with E-state index in [1.165, 1.54) is 7.11 Å². The number of unbranched alkanes of at least 4 members (excludes halogenated alkanes) is 1. The van der Waals surface area contributed by atoms with Crippen molar-refractivity contribution in [3.63, 3.8) is 0 Å². The minimum atomic E-state index is -0.533. The van der Waals surface area contributed by atoms with E-state index in [4.69, 9.17) is 9.47 Å². The number of carbonyl (C=O) groups excluding carboxylic acids is 1. The molecule has 1 atom stereocenters. The number of aryl methyl sites for hydroxylation is 1. The largest absolute Gasteiger partial charge is 0.475 e. The quantitative estimate of drug-likeness (QED) is 0.668. The summed E-state index contributed by atoms with van der Waals surface area (Å²) in [6, 6.07) is 0. The Hall–Kier alpha value is -1.52. The smallest absolute Gasteiger partial charge is 0.347 e. The van der Waals surface area contributed by atoms with Crippen LogP contribution < -0.4 is 4.74 Å². The number of esters is 1. The lowest BCUT2D eigenvalue weighted by molar-refractivity contribution is -0.149. The third-order valence-corrected chi connectivity index (χ3v) is 2.62. The van der Waals surface area contributed by atoms with Gasteiger partial charge in [0.25, 0.3) is 0 Å². The zero-order chi connectivity index (χ0) is 13.4. The fourth-order valence-corrected chi connectivity index (χ4v) is 1.67. The maximum Gasteiger partial charge on any atom is 0.347 e. The van der Waals surface area contributed by atoms with E-state index in [9.17, 15) is 4.79 Å². The molecule has 102 valence electrons. The highest BCUT2D eigenvalue weighted by Gasteiger charge is 2.21. The molecular formula is C13H22N2O3. The van der Waals surface area contributed by atoms with Crippen LogP contribution >= 0.6 is 0 Å². The molecule has 0 saturated carbocycles. The molecule has 0 bridgehead atoms. The predicted molar refractivity (Wildman–Crippen MR) is 68.5 cm³/mol. The standard InChI is InChI=1S/C13H22N2O3/c1-4-6-7-12(13(16)17-3)18-11-9-14-15(10-11)8-5-2/h9-10,12H,4-8H2,1-3H3. The van der Waals surface area contributed by atoms with E-state index >= 15 is 0 Å². The van der Waals surface area contributed by atoms with Gasteiger partial charge >= 0.3 is 5.97 Å². The summed E-state index contributed by atoms with van der Waals surface area (Å²) in [5.74, 6) is 0.293. The summed E-state index contributed by atoms with van der Waals surface area (Å²) < 4.78 is 12.2. The Morgan fingerprint density at radius 2 is 2.22 bits per heavy atom. The van der Waals surface area contributed by atoms with Crippen LogP contribution in [0.4, 0.5) is 0 Å². The van der Waals surface area contributed by atoms with Crippen LogP contribution in [0.5, 0.6) is 5.75 Å². The van der Waals surface area contributed by atoms with Crippen LogP contribution in [0.15, 0.2) is 12.4 Å². The number of carbonyl (C=O) groups is 1. The van der Waals surface area contributed by atoms with Crippen LogP contribution in [0.1, 0.15) is 39.5 Å². The van der Waals surface area contributed by atoms with Crippen molar-refractivity contribution in [1.82, 2.24) is 9.78 Å². The van der Waals surface area contributed by atoms with Crippen LogP contribution in [-0.4, -0.2) is 29.0 Å². The Morgan fingerprint density at radius 3 is 2.83 bits per heavy atom. The average molecular weight is 254 g/mol. The highest BCUT2D eigenvalue weighted by molar-refractivity contribution is 5.74. The number of aromatic nitrogens is 2. The minimum Gasteiger partial charge on any atom is -0.475 e. The van der Waals surface area contributed by atoms with Gasteiger partial charge in [0, 0.05) is 6.54 Å². The van der Waals surface area contributed by atoms with Crippen molar-refractivity contribution in [2.24, 2.45) is 0 Å². The Balaban J connectivity index is 2.60. The first-order valence-corrected chi connectivity index (χ1v) is 6.48. The van der Waals surface area contributed by atoms with Gasteiger partial charge in [0.1, 0.15) is 0 Å². The van der Waals surface area contributed by atoms with Crippen LogP contribution in [0, 0.1) is 0 Å². The molecule has 18 heavy (non-hydrogen) atoms. The molecule has 0 fully saturated rings. The second-order valence-electron chi connectivity index (χ2n) is 4.21. The molecule has 1 heterocycles. The number of nitrogens with zero attached hydrogens (tertiary/aromatic N) is 2. The van der Waals surface area contributed by atoms with Gasteiger partial charge in [0.2, 0.25) is 0 Å². The first kappa shape index (κ1) is 14.5. The average Bonchev–Trinajstić information content (AvgIpc) is 2.81. The zero-order valence-corrected chi connectivity index (χ0v) is 11.4. The topological polar surface area (TPSA) is 53.4 Å². The molecule has 1 aromatic heterocycles. The first-order valence-electron chi connectivity index (χ1n) is 6.48. The van der Waals surface area contributed by atoms with Crippen LogP contribution in [0.25, 0.3) is 0 Å². The van der Waals surface area contributed by atoms with Crippen molar-refractivity contribution in [1.29, 1.82) is 0 Å². The molecular weight excluding hydrogens is 232 g/mol. The molecule has 0 radical (unpaired) electrons. The van der Waals surface area contributed by atoms with Gasteiger partial charge in [0.15, 0.2) is 11.9 Å². The first-order chi connectivity index (χ1) is 8.71. The molecule has 1 unspecified atom stereocenters. The molecule has 1 rings (SSSR count). The highest BCUT2D eigenvalue weighted by Crippen LogP contribution is 2.15. The lowest BCUT2D eigenvalue weighted by atomic mass is 10.1. The van der Waals surface area contributed by atoms with Gasteiger partial charge in [-0.3, -0.25) is 4.68 Å². The molecule has 0 amide bonds. The van der Waals surface area contributed by atoms with E-state index < -0.39 is 6.10 Å². The van der Waals surface area contributed by atoms with Crippen molar-refractivity contribution < 1.29 is 14.3 Å². The van der Waals surface area contributed by atoms with Crippen molar-refractivity contribution in [3.05, 3.63) is 12.4 Å². The summed E-state index contributed by atoms with van der Waals surface area (Å²) in [4.78, 5) is 11.6. The normalized spacial score (nSPS) is 12.2. The molecule has 0 aliphatic rings. The van der Waals surface area contributed by atoms with Crippen molar-refractivity contribution in [3.8, 4) is 5.75 Å². The molecule has 0 saturated heterocycles. The molecule has 0 N–H and O–H groups in total. The second-order valence-corrected chi connectivity index (χ2v) is 4.21. The molecule has 5 nitrogen and oxygen atoms in total. The van der Waals surface area contributed by atoms with Gasteiger partial charge in [-0.2, -0.15) is 5.10 Å². The third-order valence-electron chi connectivity index (χ3n) is 2.62. The summed E-state index contributed by atoms with van der Waals surface area (Å²) in [7, 11) is 1.38. The van der Waals surface area contributed by atoms with Crippen molar-refractivity contribution >= 4 is 5.97 Å². The van der Waals surface area contributed by atoms with E-state index in [1.54, 1.807) is 6.20 Å². The van der Waals surface area contributed by atoms with Gasteiger partial charge in [-0.05, 0) is 19.3 Å². The highest BCUT2D eigenvalue weighted by atomic mass is 16.6. The molecule has 0 spiro atoms. The van der Waals surface area contributed by atoms with E-state index in [1.807, 2.05) is 10.9 Å². The molecule has 1 aromatic rings. The lowest BCUT2D eigenvalue weighted by Gasteiger charge is -2.15. The summed E-state index contributed by atoms with van der Waals surface area (Å²) in [5, 5.41) is 4.16. The van der Waals surface area contributed by atoms with Gasteiger partial charge in [-0.1, -0.05) is 20.3 Å². The Bertz CT molecular complexity index is 363. The Kier molecular flexibility index (Phi) is 6.25. The number of rotatable bonds is 8. The minimum absolute atomic E-state index is 0.327. The van der Waals surface area contributed by atoms with E-state index in [2.05, 4.69) is 18.9 Å². The number of methoxy groups -OCH3 is 1. The number of hydrogen-bond acceptors (Lipinski definition) is 4. The summed E-state index contributed by atoms with van der Waals surface area (Å²) in [5.41, 5.74) is 0. The second kappa shape index (κ2) is 7.74. The third kappa shape index (κ3) is 4.39. The van der Waals surface area contributed by atoms with Gasteiger partial charge in [0.05, 0.1) is 19.5 Å². The van der Waals surface area contributed by atoms with E-state index in [0.717, 1.165) is 25.8 Å². The SMILES string of the molecule is CCCCC(Oc1cnn(CCC)c1)C(=O)OC. The fourth-order valence-electron chi connectivity index (χ4n) is 1.67. The maximum atomic E-state index is 11.6. The summed E-state index contributed by atoms with van der Waals surface area (Å²) >= 11 is 0. The monoisotopic (exact) mass is 254 g/mol. The van der Waals surface area contributed by atoms with Crippen LogP contribution in [0.3, 0.4) is 0 Å². The van der Waals surface area contributed by atoms with Gasteiger partial charge < -0.3 is 9.47 Å². The lowest BCUT2D eigenvalue weighted by Crippen LogP contribution is -2.28. The molecule has 5 heteroatoms. The molecule has 0 aliphatic heterocycles. The van der Waals surface area contributed by atoms with E-state index in [0.29, 0.717) is 12.2 Å². The van der Waals surface area contributed by atoms with E-state index in [-0.39, 0.29) is 5.97 Å². The fraction of sp³-hybridized carbons (Fsp3) is 0.692. The van der Waals surface area contributed by atoms with Crippen molar-refractivity contribution in [2.75, 3.05) is 7.11 Å². The van der Waals surface area contributed by atoms with Gasteiger partial charge in [-0.15, -0.1) is 0 Å². The number of hydrogen-bond donors (Lipinski definition) is 0. The maximum absolute atomic E-state index is 11.6. The van der Waals surface area contributed by atoms with Gasteiger partial charge in [-0.25, -0.2) is 4.79 Å². The molecule has 0 aliphatic carbocycles. The van der Waals surface area contributed by atoms with Crippen LogP contribution in [-0.2, 0) is 16.1 Å². The predicted octanol–water partition coefficient (Wildman–Crippen LogP) is 2.40. The van der Waals surface area contributed by atoms with Crippen molar-refractivity contribution in [2.45, 2.75) is 52.2 Å². The molecule has 0 aromatic carbocycles. The number of ether oxygens (including phenoxy) is 2. The van der Waals surface area contributed by atoms with Crippen LogP contribution in [0.2, 0.25) is 0 Å². The summed E-state index contributed by atoms with van der Waals surface area (Å²) in [6.07, 6.45) is 6.55. The Labute approximate surface area is 108 Å².